The highest BCUT2D eigenvalue weighted by Crippen LogP contribution is 2.16. The molecule has 1 atom stereocenters. The molecule has 3 rings (SSSR count). The number of pyridine rings is 1. The van der Waals surface area contributed by atoms with Crippen LogP contribution < -0.4 is 10.6 Å². The molecule has 3 heterocycles. The molecule has 0 aliphatic heterocycles. The van der Waals surface area contributed by atoms with E-state index < -0.39 is 0 Å². The minimum atomic E-state index is 0. The van der Waals surface area contributed by atoms with Crippen LogP contribution in [0.1, 0.15) is 17.4 Å². The molecule has 10 heteroatoms. The van der Waals surface area contributed by atoms with E-state index in [-0.39, 0.29) is 30.0 Å². The minimum absolute atomic E-state index is 0. The van der Waals surface area contributed by atoms with Crippen molar-refractivity contribution >= 4 is 35.6 Å². The first-order chi connectivity index (χ1) is 12.6. The van der Waals surface area contributed by atoms with Crippen molar-refractivity contribution < 1.29 is 0 Å². The van der Waals surface area contributed by atoms with Crippen LogP contribution in [0.2, 0.25) is 0 Å². The highest BCUT2D eigenvalue weighted by Gasteiger charge is 2.16. The number of hydrogen-bond acceptors (Lipinski definition) is 5. The Bertz CT molecular complexity index is 883. The molecule has 0 saturated heterocycles. The van der Waals surface area contributed by atoms with Crippen molar-refractivity contribution in [3.63, 3.8) is 0 Å². The third-order valence-corrected chi connectivity index (χ3v) is 4.22. The Morgan fingerprint density at radius 3 is 2.74 bits per heavy atom. The number of likely N-dealkylation sites (N-methyl/N-ethyl adjacent to an activating group) is 1. The molecule has 0 amide bonds. The molecule has 1 unspecified atom stereocenters. The number of rotatable bonds is 6. The highest BCUT2D eigenvalue weighted by molar-refractivity contribution is 14.0. The molecule has 0 fully saturated rings. The first-order valence-corrected chi connectivity index (χ1v) is 8.46. The lowest BCUT2D eigenvalue weighted by Gasteiger charge is -2.24. The number of nitrogens with one attached hydrogen (secondary N) is 2. The Hall–Kier alpha value is -2.21. The molecule has 0 radical (unpaired) electrons. The molecule has 0 spiro atoms. The smallest absolute Gasteiger partial charge is 0.191 e. The lowest BCUT2D eigenvalue weighted by atomic mass is 10.1. The fraction of sp³-hybridized carbons (Fsp3) is 0.412. The second-order valence-corrected chi connectivity index (χ2v) is 6.28. The zero-order chi connectivity index (χ0) is 18.5. The minimum Gasteiger partial charge on any atom is -0.354 e. The van der Waals surface area contributed by atoms with Crippen LogP contribution >= 0.6 is 24.0 Å². The van der Waals surface area contributed by atoms with E-state index in [2.05, 4.69) is 49.9 Å². The number of fused-ring (bicyclic) bond motifs is 1. The molecule has 0 bridgehead atoms. The van der Waals surface area contributed by atoms with Crippen molar-refractivity contribution in [3.8, 4) is 0 Å². The third-order valence-electron chi connectivity index (χ3n) is 4.22. The highest BCUT2D eigenvalue weighted by atomic mass is 127. The van der Waals surface area contributed by atoms with Gasteiger partial charge in [0.15, 0.2) is 17.4 Å². The summed E-state index contributed by atoms with van der Waals surface area (Å²) in [5, 5.41) is 19.3. The van der Waals surface area contributed by atoms with E-state index in [1.165, 1.54) is 0 Å². The fourth-order valence-electron chi connectivity index (χ4n) is 2.80. The molecule has 0 aliphatic carbocycles. The first-order valence-electron chi connectivity index (χ1n) is 8.46. The summed E-state index contributed by atoms with van der Waals surface area (Å²) in [6, 6.07) is 6.03. The SMILES string of the molecule is CN=C(NCc1nnc2ccccn12)NCC(c1cnn(C)c1)N(C)C.I. The maximum Gasteiger partial charge on any atom is 0.191 e. The summed E-state index contributed by atoms with van der Waals surface area (Å²) >= 11 is 0. The molecule has 9 nitrogen and oxygen atoms in total. The summed E-state index contributed by atoms with van der Waals surface area (Å²) in [5.74, 6) is 1.55. The zero-order valence-electron chi connectivity index (χ0n) is 16.0. The van der Waals surface area contributed by atoms with Crippen LogP contribution in [0.25, 0.3) is 5.65 Å². The lowest BCUT2D eigenvalue weighted by Crippen LogP contribution is -2.41. The molecule has 0 saturated carbocycles. The standard InChI is InChI=1S/C17H25N9.HI/c1-18-17(19-10-14(24(2)3)13-9-21-25(4)12-13)20-11-16-23-22-15-7-5-6-8-26(15)16;/h5-9,12,14H,10-11H2,1-4H3,(H2,18,19,20);1H. The van der Waals surface area contributed by atoms with E-state index in [9.17, 15) is 0 Å². The molecule has 0 aliphatic rings. The van der Waals surface area contributed by atoms with Crippen molar-refractivity contribution in [2.45, 2.75) is 12.6 Å². The maximum absolute atomic E-state index is 4.30. The Kier molecular flexibility index (Phi) is 7.54. The molecular formula is C17H26IN9. The summed E-state index contributed by atoms with van der Waals surface area (Å²) < 4.78 is 3.77. The average molecular weight is 483 g/mol. The summed E-state index contributed by atoms with van der Waals surface area (Å²) in [4.78, 5) is 6.45. The fourth-order valence-corrected chi connectivity index (χ4v) is 2.80. The second kappa shape index (κ2) is 9.65. The van der Waals surface area contributed by atoms with Gasteiger partial charge in [-0.15, -0.1) is 34.2 Å². The second-order valence-electron chi connectivity index (χ2n) is 6.28. The van der Waals surface area contributed by atoms with Crippen LogP contribution in [-0.4, -0.2) is 62.9 Å². The van der Waals surface area contributed by atoms with E-state index in [1.807, 2.05) is 52.9 Å². The van der Waals surface area contributed by atoms with Crippen LogP contribution in [0.3, 0.4) is 0 Å². The molecule has 27 heavy (non-hydrogen) atoms. The van der Waals surface area contributed by atoms with Gasteiger partial charge in [0.2, 0.25) is 0 Å². The van der Waals surface area contributed by atoms with Crippen molar-refractivity contribution in [1.82, 2.24) is 39.9 Å². The van der Waals surface area contributed by atoms with E-state index in [1.54, 1.807) is 7.05 Å². The van der Waals surface area contributed by atoms with Gasteiger partial charge in [-0.1, -0.05) is 6.07 Å². The number of aryl methyl sites for hydroxylation is 1. The average Bonchev–Trinajstić information content (AvgIpc) is 3.24. The number of nitrogens with zero attached hydrogens (tertiary/aromatic N) is 7. The molecular weight excluding hydrogens is 457 g/mol. The molecule has 146 valence electrons. The number of halogens is 1. The van der Waals surface area contributed by atoms with Gasteiger partial charge in [-0.2, -0.15) is 5.10 Å². The molecule has 2 N–H and O–H groups in total. The van der Waals surface area contributed by atoms with Gasteiger partial charge in [-0.3, -0.25) is 14.1 Å². The molecule has 3 aromatic rings. The van der Waals surface area contributed by atoms with Crippen LogP contribution in [-0.2, 0) is 13.6 Å². The van der Waals surface area contributed by atoms with Gasteiger partial charge in [0.25, 0.3) is 0 Å². The van der Waals surface area contributed by atoms with Gasteiger partial charge in [0.05, 0.1) is 18.8 Å². The molecule has 0 aromatic carbocycles. The molecule has 3 aromatic heterocycles. The van der Waals surface area contributed by atoms with Gasteiger partial charge in [-0.25, -0.2) is 0 Å². The van der Waals surface area contributed by atoms with Gasteiger partial charge < -0.3 is 15.5 Å². The van der Waals surface area contributed by atoms with Crippen LogP contribution in [0.15, 0.2) is 41.8 Å². The van der Waals surface area contributed by atoms with Crippen LogP contribution in [0.5, 0.6) is 0 Å². The Balaban J connectivity index is 0.00000261. The summed E-state index contributed by atoms with van der Waals surface area (Å²) in [6.45, 7) is 1.24. The van der Waals surface area contributed by atoms with Gasteiger partial charge >= 0.3 is 0 Å². The normalized spacial score (nSPS) is 12.9. The van der Waals surface area contributed by atoms with Crippen molar-refractivity contribution in [2.24, 2.45) is 12.0 Å². The number of aliphatic imine (C=N–C) groups is 1. The topological polar surface area (TPSA) is 87.7 Å². The Labute approximate surface area is 175 Å². The summed E-state index contributed by atoms with van der Waals surface area (Å²) in [5.41, 5.74) is 1.99. The van der Waals surface area contributed by atoms with E-state index >= 15 is 0 Å². The van der Waals surface area contributed by atoms with Crippen molar-refractivity contribution in [3.05, 3.63) is 48.2 Å². The van der Waals surface area contributed by atoms with E-state index in [4.69, 9.17) is 0 Å². The summed E-state index contributed by atoms with van der Waals surface area (Å²) in [7, 11) is 7.79. The van der Waals surface area contributed by atoms with Crippen LogP contribution in [0, 0.1) is 0 Å². The largest absolute Gasteiger partial charge is 0.354 e. The zero-order valence-corrected chi connectivity index (χ0v) is 18.3. The van der Waals surface area contributed by atoms with Gasteiger partial charge in [-0.05, 0) is 26.2 Å². The quantitative estimate of drug-likeness (QED) is 0.310. The van der Waals surface area contributed by atoms with E-state index in [0.717, 1.165) is 17.0 Å². The predicted octanol–water partition coefficient (Wildman–Crippen LogP) is 1.05. The van der Waals surface area contributed by atoms with Gasteiger partial charge in [0.1, 0.15) is 0 Å². The third kappa shape index (κ3) is 5.16. The first kappa shape index (κ1) is 21.1. The monoisotopic (exact) mass is 483 g/mol. The lowest BCUT2D eigenvalue weighted by molar-refractivity contribution is 0.298. The maximum atomic E-state index is 4.30. The van der Waals surface area contributed by atoms with E-state index in [0.29, 0.717) is 19.0 Å². The summed E-state index contributed by atoms with van der Waals surface area (Å²) in [6.07, 6.45) is 5.88. The number of aromatic nitrogens is 5. The Morgan fingerprint density at radius 1 is 1.26 bits per heavy atom. The number of guanidine groups is 1. The number of hydrogen-bond donors (Lipinski definition) is 2. The van der Waals surface area contributed by atoms with Gasteiger partial charge in [0, 0.05) is 38.6 Å². The Morgan fingerprint density at radius 2 is 2.07 bits per heavy atom. The predicted molar refractivity (Wildman–Crippen MR) is 116 cm³/mol. The van der Waals surface area contributed by atoms with Crippen LogP contribution in [0.4, 0.5) is 0 Å². The van der Waals surface area contributed by atoms with Crippen molar-refractivity contribution in [2.75, 3.05) is 27.7 Å². The van der Waals surface area contributed by atoms with Crippen molar-refractivity contribution in [1.29, 1.82) is 0 Å².